The van der Waals surface area contributed by atoms with Crippen molar-refractivity contribution >= 4 is 5.91 Å². The average Bonchev–Trinajstić information content (AvgIpc) is 2.05. The maximum atomic E-state index is 10.8. The molecular formula is C7H8N2O. The first-order chi connectivity index (χ1) is 5.24. The standard InChI is InChI=1S/C7H8N2O/c1-5-2-3-6(4-9-5)7(8)10/h2-4H,1H3,(H2,8,10)/i/hD. The van der Waals surface area contributed by atoms with Crippen LogP contribution in [0.2, 0.25) is 1.41 Å². The van der Waals surface area contributed by atoms with Crippen LogP contribution in [0.5, 0.6) is 0 Å². The average molecular weight is 137 g/mol. The molecule has 1 amide bonds. The zero-order valence-corrected chi connectivity index (χ0v) is 5.59. The minimum Gasteiger partial charge on any atom is -0.366 e. The van der Waals surface area contributed by atoms with Gasteiger partial charge in [-0.15, -0.1) is 0 Å². The maximum Gasteiger partial charge on any atom is 0.250 e. The minimum absolute atomic E-state index is 0.408. The Morgan fingerprint density at radius 1 is 1.80 bits per heavy atom. The summed E-state index contributed by atoms with van der Waals surface area (Å²) in [6.45, 7) is 1.84. The molecule has 1 rings (SSSR count). The SMILES string of the molecule is [2H]NC(=O)c1ccc(C)nc1. The van der Waals surface area contributed by atoms with Gasteiger partial charge in [-0.2, -0.15) is 0 Å². The smallest absolute Gasteiger partial charge is 0.250 e. The summed E-state index contributed by atoms with van der Waals surface area (Å²) in [6, 6.07) is 3.36. The first-order valence-corrected chi connectivity index (χ1v) is 2.89. The number of amides is 1. The van der Waals surface area contributed by atoms with Gasteiger partial charge in [-0.25, -0.2) is 0 Å². The van der Waals surface area contributed by atoms with Gasteiger partial charge in [0.1, 0.15) is 0 Å². The van der Waals surface area contributed by atoms with Gasteiger partial charge < -0.3 is 5.73 Å². The van der Waals surface area contributed by atoms with Crippen molar-refractivity contribution in [1.82, 2.24) is 4.98 Å². The number of aryl methyl sites for hydroxylation is 1. The van der Waals surface area contributed by atoms with Crippen LogP contribution in [-0.2, 0) is 0 Å². The van der Waals surface area contributed by atoms with Gasteiger partial charge in [0.15, 0.2) is 1.41 Å². The van der Waals surface area contributed by atoms with Gasteiger partial charge in [0.25, 0.3) is 0 Å². The summed E-state index contributed by atoms with van der Waals surface area (Å²) in [5.41, 5.74) is 3.03. The van der Waals surface area contributed by atoms with Crippen molar-refractivity contribution in [2.24, 2.45) is 5.73 Å². The van der Waals surface area contributed by atoms with Crippen LogP contribution in [0, 0.1) is 6.92 Å². The summed E-state index contributed by atoms with van der Waals surface area (Å²) in [7, 11) is 0. The van der Waals surface area contributed by atoms with Crippen LogP contribution < -0.4 is 5.73 Å². The fourth-order valence-electron chi connectivity index (χ4n) is 0.602. The third-order valence-electron chi connectivity index (χ3n) is 1.17. The molecule has 0 unspecified atom stereocenters. The lowest BCUT2D eigenvalue weighted by atomic mass is 10.2. The minimum atomic E-state index is -0.433. The molecule has 0 saturated heterocycles. The molecule has 10 heavy (non-hydrogen) atoms. The summed E-state index contributed by atoms with van der Waals surface area (Å²) in [5.74, 6) is -0.433. The highest BCUT2D eigenvalue weighted by Crippen LogP contribution is 1.96. The lowest BCUT2D eigenvalue weighted by molar-refractivity contribution is 0.1000. The van der Waals surface area contributed by atoms with Crippen LogP contribution >= 0.6 is 0 Å². The molecule has 0 spiro atoms. The number of nitrogens with two attached hydrogens (primary N) is 1. The topological polar surface area (TPSA) is 56.0 Å². The summed E-state index contributed by atoms with van der Waals surface area (Å²) in [4.78, 5) is 14.7. The van der Waals surface area contributed by atoms with Crippen LogP contribution in [0.15, 0.2) is 18.3 Å². The van der Waals surface area contributed by atoms with Crippen LogP contribution in [0.4, 0.5) is 0 Å². The third-order valence-corrected chi connectivity index (χ3v) is 1.17. The van der Waals surface area contributed by atoms with Crippen molar-refractivity contribution in [3.63, 3.8) is 0 Å². The molecule has 52 valence electrons. The molecule has 0 saturated carbocycles. The Bertz CT molecular complexity index is 258. The maximum absolute atomic E-state index is 10.8. The van der Waals surface area contributed by atoms with Crippen molar-refractivity contribution in [3.8, 4) is 0 Å². The monoisotopic (exact) mass is 137 g/mol. The quantitative estimate of drug-likeness (QED) is 0.612. The van der Waals surface area contributed by atoms with Gasteiger partial charge in [0.05, 0.1) is 5.56 Å². The second-order valence-corrected chi connectivity index (χ2v) is 2.02. The van der Waals surface area contributed by atoms with Gasteiger partial charge in [-0.3, -0.25) is 9.78 Å². The Morgan fingerprint density at radius 2 is 2.60 bits per heavy atom. The molecule has 1 aromatic heterocycles. The molecule has 0 aliphatic carbocycles. The molecule has 1 aromatic rings. The lowest BCUT2D eigenvalue weighted by Gasteiger charge is -1.93. The zero-order chi connectivity index (χ0) is 8.27. The predicted octanol–water partition coefficient (Wildman–Crippen LogP) is 0.489. The first-order valence-electron chi connectivity index (χ1n) is 3.39. The number of hydrogen-bond acceptors (Lipinski definition) is 2. The van der Waals surface area contributed by atoms with Gasteiger partial charge >= 0.3 is 0 Å². The molecule has 0 aliphatic rings. The predicted molar refractivity (Wildman–Crippen MR) is 37.5 cm³/mol. The molecule has 0 bridgehead atoms. The number of nitrogens with zero attached hydrogens (tertiary/aromatic N) is 1. The molecule has 0 radical (unpaired) electrons. The van der Waals surface area contributed by atoms with Crippen LogP contribution in [-0.4, -0.2) is 10.9 Å². The second-order valence-electron chi connectivity index (χ2n) is 2.02. The van der Waals surface area contributed by atoms with Crippen molar-refractivity contribution in [2.75, 3.05) is 0 Å². The molecule has 3 heteroatoms. The first kappa shape index (κ1) is 5.41. The number of rotatable bonds is 1. The molecule has 0 aliphatic heterocycles. The molecule has 2 N–H and O–H groups in total. The van der Waals surface area contributed by atoms with Gasteiger partial charge in [-0.05, 0) is 19.1 Å². The molecule has 1 heterocycles. The van der Waals surface area contributed by atoms with E-state index in [1.54, 1.807) is 17.9 Å². The Morgan fingerprint density at radius 3 is 3.10 bits per heavy atom. The molecular weight excluding hydrogens is 128 g/mol. The highest BCUT2D eigenvalue weighted by molar-refractivity contribution is 5.92. The van der Waals surface area contributed by atoms with Crippen molar-refractivity contribution in [2.45, 2.75) is 6.92 Å². The van der Waals surface area contributed by atoms with E-state index in [9.17, 15) is 4.79 Å². The van der Waals surface area contributed by atoms with Crippen LogP contribution in [0.25, 0.3) is 0 Å². The molecule has 3 nitrogen and oxygen atoms in total. The zero-order valence-electron chi connectivity index (χ0n) is 6.59. The van der Waals surface area contributed by atoms with Gasteiger partial charge in [0, 0.05) is 11.9 Å². The summed E-state index contributed by atoms with van der Waals surface area (Å²) < 4.78 is 6.57. The Labute approximate surface area is 60.3 Å². The van der Waals surface area contributed by atoms with E-state index in [0.29, 0.717) is 5.56 Å². The van der Waals surface area contributed by atoms with Crippen molar-refractivity contribution in [3.05, 3.63) is 29.6 Å². The summed E-state index contributed by atoms with van der Waals surface area (Å²) in [5, 5.41) is 0. The second kappa shape index (κ2) is 2.47. The molecule has 0 atom stereocenters. The largest absolute Gasteiger partial charge is 0.366 e. The third kappa shape index (κ3) is 1.31. The highest BCUT2D eigenvalue weighted by Gasteiger charge is 1.97. The number of pyridine rings is 1. The van der Waals surface area contributed by atoms with Crippen LogP contribution in [0.1, 0.15) is 16.1 Å². The van der Waals surface area contributed by atoms with E-state index >= 15 is 0 Å². The van der Waals surface area contributed by atoms with E-state index in [4.69, 9.17) is 1.41 Å². The Kier molecular flexibility index (Phi) is 1.34. The number of aromatic nitrogens is 1. The fraction of sp³-hybridized carbons (Fsp3) is 0.143. The number of carbonyl (C=O) groups is 1. The van der Waals surface area contributed by atoms with E-state index < -0.39 is 5.91 Å². The van der Waals surface area contributed by atoms with E-state index in [-0.39, 0.29) is 0 Å². The normalized spacial score (nSPS) is 10.3. The van der Waals surface area contributed by atoms with E-state index in [1.807, 2.05) is 6.92 Å². The number of primary amides is 1. The summed E-state index contributed by atoms with van der Waals surface area (Å²) >= 11 is 0. The Hall–Kier alpha value is -1.38. The van der Waals surface area contributed by atoms with E-state index in [0.717, 1.165) is 5.69 Å². The van der Waals surface area contributed by atoms with Gasteiger partial charge in [0.2, 0.25) is 5.91 Å². The van der Waals surface area contributed by atoms with Gasteiger partial charge in [-0.1, -0.05) is 0 Å². The molecule has 0 aromatic carbocycles. The van der Waals surface area contributed by atoms with Crippen LogP contribution in [0.3, 0.4) is 0 Å². The summed E-state index contributed by atoms with van der Waals surface area (Å²) in [6.07, 6.45) is 1.44. The van der Waals surface area contributed by atoms with E-state index in [2.05, 4.69) is 4.98 Å². The van der Waals surface area contributed by atoms with Crippen molar-refractivity contribution in [1.29, 1.82) is 0 Å². The van der Waals surface area contributed by atoms with E-state index in [1.165, 1.54) is 6.20 Å². The number of hydrogen-bond donors (Lipinski definition) is 1. The fourth-order valence-corrected chi connectivity index (χ4v) is 0.602. The van der Waals surface area contributed by atoms with Crippen molar-refractivity contribution < 1.29 is 6.21 Å². The lowest BCUT2D eigenvalue weighted by Crippen LogP contribution is -2.10. The highest BCUT2D eigenvalue weighted by atomic mass is 16.1. The number of carbonyl (C=O) groups excluding carboxylic acids is 1. The molecule has 0 fully saturated rings. The Balaban J connectivity index is 2.90.